The molecule has 498 valence electrons. The summed E-state index contributed by atoms with van der Waals surface area (Å²) >= 11 is 0. The van der Waals surface area contributed by atoms with Crippen molar-refractivity contribution in [3.63, 3.8) is 0 Å². The molecular weight excluding hydrogens is 1160 g/mol. The number of methoxy groups -OCH3 is 1. The van der Waals surface area contributed by atoms with E-state index in [2.05, 4.69) is 21.3 Å². The summed E-state index contributed by atoms with van der Waals surface area (Å²) in [6.07, 6.45) is -5.67. The molecule has 3 fully saturated rings. The normalized spacial score (nSPS) is 25.5. The zero-order valence-electron chi connectivity index (χ0n) is 54.3. The van der Waals surface area contributed by atoms with Crippen molar-refractivity contribution in [1.29, 1.82) is 0 Å². The van der Waals surface area contributed by atoms with Crippen molar-refractivity contribution < 1.29 is 81.9 Å². The van der Waals surface area contributed by atoms with Crippen molar-refractivity contribution in [2.24, 2.45) is 23.7 Å². The van der Waals surface area contributed by atoms with Gasteiger partial charge >= 0.3 is 18.0 Å². The number of alkyl carbamates (subject to hydrolysis) is 1. The second kappa shape index (κ2) is 34.5. The summed E-state index contributed by atoms with van der Waals surface area (Å²) in [5.74, 6) is -10.7. The van der Waals surface area contributed by atoms with Gasteiger partial charge in [-0.3, -0.25) is 43.2 Å². The highest BCUT2D eigenvalue weighted by molar-refractivity contribution is 6.05. The van der Waals surface area contributed by atoms with Crippen LogP contribution >= 0.6 is 0 Å². The number of benzene rings is 2. The van der Waals surface area contributed by atoms with Crippen LogP contribution in [0.25, 0.3) is 0 Å². The number of fused-ring (bicyclic) bond motifs is 1. The third-order valence-electron chi connectivity index (χ3n) is 17.2. The van der Waals surface area contributed by atoms with Crippen molar-refractivity contribution >= 4 is 65.2 Å². The lowest BCUT2D eigenvalue weighted by Crippen LogP contribution is -2.62. The van der Waals surface area contributed by atoms with Gasteiger partial charge in [-0.15, -0.1) is 0 Å². The van der Waals surface area contributed by atoms with Gasteiger partial charge in [-0.2, -0.15) is 0 Å². The average molecular weight is 1260 g/mol. The molecule has 13 atom stereocenters. The van der Waals surface area contributed by atoms with Crippen LogP contribution in [0.3, 0.4) is 0 Å². The van der Waals surface area contributed by atoms with Crippen LogP contribution in [-0.2, 0) is 75.2 Å². The number of ketones is 1. The third-order valence-corrected chi connectivity index (χ3v) is 17.2. The first kappa shape index (κ1) is 73.1. The van der Waals surface area contributed by atoms with Crippen LogP contribution in [0.4, 0.5) is 4.79 Å². The van der Waals surface area contributed by atoms with Crippen LogP contribution in [0.5, 0.6) is 5.75 Å². The minimum Gasteiger partial charge on any atom is -0.497 e. The molecule has 3 saturated heterocycles. The van der Waals surface area contributed by atoms with Gasteiger partial charge in [0.2, 0.25) is 35.4 Å². The molecule has 90 heavy (non-hydrogen) atoms. The molecule has 0 spiro atoms. The number of Topliss-reactive ketones (excluding diaryl/α,β-unsaturated/α-hetero) is 1. The molecule has 0 aromatic heterocycles. The van der Waals surface area contributed by atoms with E-state index >= 15 is 14.4 Å². The average Bonchev–Trinajstić information content (AvgIpc) is 2.02. The molecule has 2 aromatic carbocycles. The van der Waals surface area contributed by atoms with Gasteiger partial charge in [-0.05, 0) is 113 Å². The second-order valence-corrected chi connectivity index (χ2v) is 24.8. The number of unbranched alkanes of at least 4 members (excludes halogenated alkanes) is 1. The fourth-order valence-electron chi connectivity index (χ4n) is 11.5. The van der Waals surface area contributed by atoms with E-state index in [9.17, 15) is 48.6 Å². The van der Waals surface area contributed by atoms with E-state index < -0.39 is 156 Å². The molecule has 0 bridgehead atoms. The van der Waals surface area contributed by atoms with Gasteiger partial charge in [0, 0.05) is 40.2 Å². The molecule has 25 nitrogen and oxygen atoms in total. The van der Waals surface area contributed by atoms with Gasteiger partial charge in [-0.25, -0.2) is 9.59 Å². The molecule has 2 aromatic rings. The summed E-state index contributed by atoms with van der Waals surface area (Å²) in [6, 6.07) is 6.44. The number of aliphatic hydroxyl groups is 2. The van der Waals surface area contributed by atoms with Crippen molar-refractivity contribution in [2.75, 3.05) is 40.8 Å². The van der Waals surface area contributed by atoms with Crippen LogP contribution in [0.15, 0.2) is 54.6 Å². The first-order chi connectivity index (χ1) is 42.6. The van der Waals surface area contributed by atoms with Crippen molar-refractivity contribution in [3.8, 4) is 5.75 Å². The predicted octanol–water partition coefficient (Wildman–Crippen LogP) is 3.37. The first-order valence-electron chi connectivity index (χ1n) is 31.5. The maximum Gasteiger partial charge on any atom is 0.407 e. The predicted molar refractivity (Wildman–Crippen MR) is 329 cm³/mol. The number of cyclic esters (lactones) is 2. The Labute approximate surface area is 528 Å². The quantitative estimate of drug-likeness (QED) is 0.0479. The standard InChI is InChI=1S/C65H96N8O17/c1-13-39(6)53-51(75)35-52(76)90-56(38(4)5)55(77)40(7)57(78)67-46(23-17-18-30-66-65(86)88-36-44-21-15-14-16-22-44)61(82)73-32-20-25-48(73)63(84)71(11)50(34-43-26-28-45(87-12)29-27-43)64(85)89-42(9)54(59(80)68-53)69-58(79)49(33-37(2)3)70(10)62(83)47-24-19-31-72(47)60(81)41(8)74/h14-16,21-22,26-29,37-42,46-51,53-54,56,74-75H,13,17-20,23-25,30-36H2,1-12H3,(H,66,86)(H,67,78)(H,68,80)(H,69,79)/t39-,40+,41-,42+,46-,47+,48-,49+,50-,51-,53+,54-,56-/m0/s1. The fraction of sp³-hybridized carbons (Fsp3) is 0.646. The van der Waals surface area contributed by atoms with Crippen molar-refractivity contribution in [1.82, 2.24) is 40.9 Å². The van der Waals surface area contributed by atoms with Crippen LogP contribution in [0.1, 0.15) is 138 Å². The zero-order valence-corrected chi connectivity index (χ0v) is 54.3. The number of likely N-dealkylation sites (N-methyl/N-ethyl adjacent to an activating group) is 2. The maximum atomic E-state index is 15.1. The number of hydrogen-bond acceptors (Lipinski definition) is 17. The highest BCUT2D eigenvalue weighted by atomic mass is 16.6. The molecule has 6 N–H and O–H groups in total. The number of hydrogen-bond donors (Lipinski definition) is 6. The molecule has 5 rings (SSSR count). The summed E-state index contributed by atoms with van der Waals surface area (Å²) in [5, 5.41) is 33.1. The fourth-order valence-corrected chi connectivity index (χ4v) is 11.5. The number of amides is 8. The SMILES string of the molecule is CC[C@H](C)[C@H]1NC(=O)[C@@H](NC(=O)[C@@H](CC(C)C)N(C)C(=O)[C@H]2CCCN2C(=O)[C@H](C)O)[C@@H](C)OC(=O)[C@H](Cc2ccc(OC)cc2)N(C)C(=O)[C@@H]2CCCN2C(=O)[C@H](CCCCNC(=O)OCc2ccccc2)NC(=O)[C@H](C)C(=O)[C@H](C(C)C)OC(=O)C[C@@H]1O. The minimum absolute atomic E-state index is 0.0129. The molecule has 3 aliphatic rings. The Hall–Kier alpha value is -7.67. The van der Waals surface area contributed by atoms with E-state index in [0.29, 0.717) is 37.0 Å². The lowest BCUT2D eigenvalue weighted by Gasteiger charge is -2.36. The van der Waals surface area contributed by atoms with Crippen LogP contribution in [0, 0.1) is 23.7 Å². The van der Waals surface area contributed by atoms with E-state index in [-0.39, 0.29) is 70.7 Å². The Kier molecular flexibility index (Phi) is 28.0. The van der Waals surface area contributed by atoms with Gasteiger partial charge in [0.1, 0.15) is 60.8 Å². The maximum absolute atomic E-state index is 15.1. The number of ether oxygens (including phenoxy) is 4. The Balaban J connectivity index is 1.57. The zero-order chi connectivity index (χ0) is 66.7. The first-order valence-corrected chi connectivity index (χ1v) is 31.5. The molecule has 3 heterocycles. The summed E-state index contributed by atoms with van der Waals surface area (Å²) in [4.78, 5) is 163. The Morgan fingerprint density at radius 1 is 0.833 bits per heavy atom. The minimum atomic E-state index is -1.80. The molecule has 25 heteroatoms. The number of carbonyl (C=O) groups excluding carboxylic acids is 11. The molecule has 0 aliphatic carbocycles. The number of aliphatic hydroxyl groups excluding tert-OH is 2. The summed E-state index contributed by atoms with van der Waals surface area (Å²) < 4.78 is 22.7. The van der Waals surface area contributed by atoms with E-state index in [1.165, 1.54) is 56.7 Å². The van der Waals surface area contributed by atoms with Crippen molar-refractivity contribution in [3.05, 3.63) is 65.7 Å². The number of nitrogens with one attached hydrogen (secondary N) is 4. The van der Waals surface area contributed by atoms with E-state index in [0.717, 1.165) is 10.5 Å². The Bertz CT molecular complexity index is 2800. The van der Waals surface area contributed by atoms with Gasteiger partial charge in [0.15, 0.2) is 11.9 Å². The van der Waals surface area contributed by atoms with E-state index in [1.807, 2.05) is 44.2 Å². The Morgan fingerprint density at radius 2 is 1.50 bits per heavy atom. The molecule has 3 aliphatic heterocycles. The highest BCUT2D eigenvalue weighted by Crippen LogP contribution is 2.27. The smallest absolute Gasteiger partial charge is 0.407 e. The van der Waals surface area contributed by atoms with E-state index in [4.69, 9.17) is 18.9 Å². The number of carbonyl (C=O) groups is 11. The van der Waals surface area contributed by atoms with Crippen molar-refractivity contribution in [2.45, 2.75) is 206 Å². The lowest BCUT2D eigenvalue weighted by molar-refractivity contribution is -0.163. The molecular formula is C65H96N8O17. The lowest BCUT2D eigenvalue weighted by atomic mass is 9.91. The number of likely N-dealkylation sites (tertiary alicyclic amines) is 1. The van der Waals surface area contributed by atoms with Gasteiger partial charge < -0.3 is 70.0 Å². The number of esters is 2. The van der Waals surface area contributed by atoms with Gasteiger partial charge in [0.25, 0.3) is 5.91 Å². The third kappa shape index (κ3) is 19.9. The summed E-state index contributed by atoms with van der Waals surface area (Å²) in [6.45, 7) is 14.7. The topological polar surface area (TPSA) is 326 Å². The molecule has 8 amide bonds. The summed E-state index contributed by atoms with van der Waals surface area (Å²) in [5.41, 5.74) is 1.33. The number of rotatable bonds is 20. The van der Waals surface area contributed by atoms with Crippen LogP contribution in [-0.4, -0.2) is 203 Å². The Morgan fingerprint density at radius 3 is 2.12 bits per heavy atom. The van der Waals surface area contributed by atoms with Crippen LogP contribution in [0.2, 0.25) is 0 Å². The summed E-state index contributed by atoms with van der Waals surface area (Å²) in [7, 11) is 4.25. The second-order valence-electron chi connectivity index (χ2n) is 24.8. The monoisotopic (exact) mass is 1260 g/mol. The van der Waals surface area contributed by atoms with E-state index in [1.54, 1.807) is 52.0 Å². The van der Waals surface area contributed by atoms with Gasteiger partial charge in [0.05, 0.1) is 31.6 Å². The van der Waals surface area contributed by atoms with Crippen LogP contribution < -0.4 is 26.0 Å². The molecule has 0 unspecified atom stereocenters. The molecule has 0 radical (unpaired) electrons. The highest BCUT2D eigenvalue weighted by Gasteiger charge is 2.46. The van der Waals surface area contributed by atoms with Gasteiger partial charge in [-0.1, -0.05) is 90.4 Å². The number of nitrogens with zero attached hydrogens (tertiary/aromatic N) is 4. The largest absolute Gasteiger partial charge is 0.497 e. The molecule has 0 saturated carbocycles.